The first kappa shape index (κ1) is 10.8. The molecule has 0 spiro atoms. The number of Topliss-reactive ketones (excluding diaryl/α,β-unsaturated/α-hetero) is 1. The average Bonchev–Trinajstić information content (AvgIpc) is 2.29. The van der Waals surface area contributed by atoms with Crippen molar-refractivity contribution in [3.63, 3.8) is 0 Å². The Kier molecular flexibility index (Phi) is 2.61. The molecule has 2 nitrogen and oxygen atoms in total. The Morgan fingerprint density at radius 3 is 2.24 bits per heavy atom. The van der Waals surface area contributed by atoms with Crippen LogP contribution in [0.15, 0.2) is 24.3 Å². The normalized spacial score (nSPS) is 28.3. The van der Waals surface area contributed by atoms with Gasteiger partial charge in [-0.1, -0.05) is 0 Å². The number of rotatable bonds is 1. The van der Waals surface area contributed by atoms with Crippen LogP contribution in [0.5, 0.6) is 0 Å². The fourth-order valence-corrected chi connectivity index (χ4v) is 3.21. The lowest BCUT2D eigenvalue weighted by Gasteiger charge is -2.47. The molecular formula is C14H16FNO. The minimum atomic E-state index is -0.202. The van der Waals surface area contributed by atoms with Crippen LogP contribution in [0.2, 0.25) is 0 Å². The van der Waals surface area contributed by atoms with E-state index in [2.05, 4.69) is 4.90 Å². The number of halogens is 1. The Morgan fingerprint density at radius 1 is 1.06 bits per heavy atom. The summed E-state index contributed by atoms with van der Waals surface area (Å²) in [5, 5.41) is 0. The molecule has 0 radical (unpaired) electrons. The molecule has 2 heterocycles. The highest BCUT2D eigenvalue weighted by Crippen LogP contribution is 2.36. The van der Waals surface area contributed by atoms with Crippen molar-refractivity contribution in [2.24, 2.45) is 0 Å². The van der Waals surface area contributed by atoms with Gasteiger partial charge in [-0.05, 0) is 43.5 Å². The zero-order valence-corrected chi connectivity index (χ0v) is 9.73. The van der Waals surface area contributed by atoms with Gasteiger partial charge in [-0.15, -0.1) is 0 Å². The topological polar surface area (TPSA) is 20.3 Å². The maximum atomic E-state index is 12.9. The predicted octanol–water partition coefficient (Wildman–Crippen LogP) is 2.92. The van der Waals surface area contributed by atoms with E-state index in [9.17, 15) is 9.18 Å². The highest BCUT2D eigenvalue weighted by molar-refractivity contribution is 5.82. The van der Waals surface area contributed by atoms with E-state index in [0.29, 0.717) is 30.7 Å². The van der Waals surface area contributed by atoms with E-state index >= 15 is 0 Å². The van der Waals surface area contributed by atoms with Crippen LogP contribution in [0.25, 0.3) is 0 Å². The Bertz CT molecular complexity index is 412. The summed E-state index contributed by atoms with van der Waals surface area (Å²) in [5.74, 6) is 0.185. The van der Waals surface area contributed by atoms with Gasteiger partial charge in [0.15, 0.2) is 0 Å². The minimum Gasteiger partial charge on any atom is -0.365 e. The summed E-state index contributed by atoms with van der Waals surface area (Å²) in [4.78, 5) is 14.0. The van der Waals surface area contributed by atoms with Gasteiger partial charge in [0.25, 0.3) is 0 Å². The number of benzene rings is 1. The number of hydrogen-bond donors (Lipinski definition) is 0. The molecular weight excluding hydrogens is 217 g/mol. The molecule has 2 atom stereocenters. The fourth-order valence-electron chi connectivity index (χ4n) is 3.21. The molecule has 1 aromatic rings. The van der Waals surface area contributed by atoms with Crippen molar-refractivity contribution in [3.05, 3.63) is 30.1 Å². The maximum absolute atomic E-state index is 12.9. The minimum absolute atomic E-state index is 0.202. The lowest BCUT2D eigenvalue weighted by molar-refractivity contribution is -0.121. The smallest absolute Gasteiger partial charge is 0.137 e. The highest BCUT2D eigenvalue weighted by Gasteiger charge is 2.37. The molecule has 1 aromatic carbocycles. The van der Waals surface area contributed by atoms with E-state index in [1.807, 2.05) is 12.1 Å². The number of nitrogens with zero attached hydrogens (tertiary/aromatic N) is 1. The van der Waals surface area contributed by atoms with Gasteiger partial charge in [-0.2, -0.15) is 0 Å². The summed E-state index contributed by atoms with van der Waals surface area (Å²) < 4.78 is 12.9. The van der Waals surface area contributed by atoms with E-state index in [1.165, 1.54) is 18.6 Å². The summed E-state index contributed by atoms with van der Waals surface area (Å²) in [6.45, 7) is 0. The van der Waals surface area contributed by atoms with Crippen LogP contribution >= 0.6 is 0 Å². The molecule has 2 saturated heterocycles. The second-order valence-corrected chi connectivity index (χ2v) is 5.07. The SMILES string of the molecule is O=C1CC2CCCC(C1)N2c1ccc(F)cc1. The van der Waals surface area contributed by atoms with Gasteiger partial charge in [-0.25, -0.2) is 4.39 Å². The number of anilines is 1. The van der Waals surface area contributed by atoms with Crippen molar-refractivity contribution < 1.29 is 9.18 Å². The van der Waals surface area contributed by atoms with Crippen molar-refractivity contribution in [2.45, 2.75) is 44.2 Å². The second-order valence-electron chi connectivity index (χ2n) is 5.07. The Labute approximate surface area is 100 Å². The van der Waals surface area contributed by atoms with Crippen LogP contribution in [0, 0.1) is 5.82 Å². The Morgan fingerprint density at radius 2 is 1.65 bits per heavy atom. The number of carbonyl (C=O) groups excluding carboxylic acids is 1. The molecule has 2 fully saturated rings. The third-order valence-electron chi connectivity index (χ3n) is 3.91. The van der Waals surface area contributed by atoms with Crippen molar-refractivity contribution in [1.82, 2.24) is 0 Å². The molecule has 2 aliphatic rings. The van der Waals surface area contributed by atoms with Crippen molar-refractivity contribution in [3.8, 4) is 0 Å². The number of fused-ring (bicyclic) bond motifs is 2. The zero-order chi connectivity index (χ0) is 11.8. The third-order valence-corrected chi connectivity index (χ3v) is 3.91. The van der Waals surface area contributed by atoms with Crippen LogP contribution in [-0.4, -0.2) is 17.9 Å². The molecule has 90 valence electrons. The van der Waals surface area contributed by atoms with E-state index in [0.717, 1.165) is 18.5 Å². The van der Waals surface area contributed by atoms with Crippen LogP contribution in [0.3, 0.4) is 0 Å². The van der Waals surface area contributed by atoms with Gasteiger partial charge in [0, 0.05) is 30.6 Å². The first-order valence-electron chi connectivity index (χ1n) is 6.29. The number of ketones is 1. The van der Waals surface area contributed by atoms with Crippen molar-refractivity contribution in [1.29, 1.82) is 0 Å². The zero-order valence-electron chi connectivity index (χ0n) is 9.73. The molecule has 0 amide bonds. The molecule has 0 saturated carbocycles. The predicted molar refractivity (Wildman–Crippen MR) is 64.5 cm³/mol. The van der Waals surface area contributed by atoms with Crippen molar-refractivity contribution in [2.75, 3.05) is 4.90 Å². The maximum Gasteiger partial charge on any atom is 0.137 e. The number of carbonyl (C=O) groups is 1. The molecule has 17 heavy (non-hydrogen) atoms. The standard InChI is InChI=1S/C14H16FNO/c15-10-4-6-11(7-5-10)16-12-2-1-3-13(16)9-14(17)8-12/h4-7,12-13H,1-3,8-9H2. The van der Waals surface area contributed by atoms with Gasteiger partial charge < -0.3 is 4.90 Å². The second kappa shape index (κ2) is 4.13. The van der Waals surface area contributed by atoms with Crippen LogP contribution in [0.1, 0.15) is 32.1 Å². The monoisotopic (exact) mass is 233 g/mol. The molecule has 2 unspecified atom stereocenters. The molecule has 0 aliphatic carbocycles. The molecule has 0 aromatic heterocycles. The van der Waals surface area contributed by atoms with E-state index in [-0.39, 0.29) is 5.82 Å². The summed E-state index contributed by atoms with van der Waals surface area (Å²) in [6.07, 6.45) is 4.70. The lowest BCUT2D eigenvalue weighted by atomic mass is 9.83. The van der Waals surface area contributed by atoms with Gasteiger partial charge in [-0.3, -0.25) is 4.79 Å². The quantitative estimate of drug-likeness (QED) is 0.743. The summed E-state index contributed by atoms with van der Waals surface area (Å²) >= 11 is 0. The van der Waals surface area contributed by atoms with Crippen LogP contribution in [-0.2, 0) is 4.79 Å². The van der Waals surface area contributed by atoms with E-state index in [4.69, 9.17) is 0 Å². The number of piperidine rings is 2. The van der Waals surface area contributed by atoms with Crippen LogP contribution in [0.4, 0.5) is 10.1 Å². The fraction of sp³-hybridized carbons (Fsp3) is 0.500. The van der Waals surface area contributed by atoms with Gasteiger partial charge in [0.2, 0.25) is 0 Å². The summed E-state index contributed by atoms with van der Waals surface area (Å²) in [5.41, 5.74) is 1.06. The Hall–Kier alpha value is -1.38. The number of hydrogen-bond acceptors (Lipinski definition) is 2. The summed E-state index contributed by atoms with van der Waals surface area (Å²) in [6, 6.07) is 7.33. The Balaban J connectivity index is 1.91. The highest BCUT2D eigenvalue weighted by atomic mass is 19.1. The first-order valence-corrected chi connectivity index (χ1v) is 6.29. The first-order chi connectivity index (χ1) is 8.24. The summed E-state index contributed by atoms with van der Waals surface area (Å²) in [7, 11) is 0. The van der Waals surface area contributed by atoms with E-state index < -0.39 is 0 Å². The van der Waals surface area contributed by atoms with Crippen LogP contribution < -0.4 is 4.90 Å². The molecule has 2 aliphatic heterocycles. The molecule has 0 N–H and O–H groups in total. The lowest BCUT2D eigenvalue weighted by Crippen LogP contribution is -2.52. The average molecular weight is 233 g/mol. The van der Waals surface area contributed by atoms with Gasteiger partial charge in [0.05, 0.1) is 0 Å². The third kappa shape index (κ3) is 1.94. The van der Waals surface area contributed by atoms with Crippen molar-refractivity contribution >= 4 is 11.5 Å². The molecule has 3 heteroatoms. The molecule has 2 bridgehead atoms. The van der Waals surface area contributed by atoms with Gasteiger partial charge >= 0.3 is 0 Å². The van der Waals surface area contributed by atoms with E-state index in [1.54, 1.807) is 0 Å². The largest absolute Gasteiger partial charge is 0.365 e. The molecule has 3 rings (SSSR count). The van der Waals surface area contributed by atoms with Gasteiger partial charge in [0.1, 0.15) is 11.6 Å².